The summed E-state index contributed by atoms with van der Waals surface area (Å²) in [5, 5.41) is 18.5. The van der Waals surface area contributed by atoms with Crippen molar-refractivity contribution in [1.82, 2.24) is 15.1 Å². The molecule has 50 heavy (non-hydrogen) atoms. The highest BCUT2D eigenvalue weighted by Crippen LogP contribution is 2.29. The Kier molecular flexibility index (Phi) is 11.4. The van der Waals surface area contributed by atoms with Crippen LogP contribution in [-0.4, -0.2) is 82.1 Å². The minimum atomic E-state index is -1.22. The Hall–Kier alpha value is -5.39. The lowest BCUT2D eigenvalue weighted by Gasteiger charge is -2.32. The van der Waals surface area contributed by atoms with Gasteiger partial charge < -0.3 is 35.6 Å². The molecule has 3 aromatic rings. The fourth-order valence-electron chi connectivity index (χ4n) is 6.25. The van der Waals surface area contributed by atoms with Crippen molar-refractivity contribution in [2.24, 2.45) is 5.92 Å². The average Bonchev–Trinajstić information content (AvgIpc) is 3.59. The number of carbonyl (C=O) groups is 5. The number of urea groups is 1. The average molecular weight is 684 g/mol. The number of aliphatic carboxylic acids is 1. The van der Waals surface area contributed by atoms with E-state index in [2.05, 4.69) is 16.0 Å². The van der Waals surface area contributed by atoms with Crippen LogP contribution in [-0.2, 0) is 25.5 Å². The number of nitrogens with zero attached hydrogens (tertiary/aromatic N) is 2. The van der Waals surface area contributed by atoms with Gasteiger partial charge in [-0.1, -0.05) is 60.7 Å². The number of likely N-dealkylation sites (tertiary alicyclic amines) is 2. The number of nitrogens with one attached hydrogen (secondary N) is 3. The molecule has 0 aromatic heterocycles. The maximum Gasteiger partial charge on any atom is 0.410 e. The van der Waals surface area contributed by atoms with Crippen LogP contribution in [0.1, 0.15) is 52.0 Å². The van der Waals surface area contributed by atoms with Crippen LogP contribution >= 0.6 is 0 Å². The minimum Gasteiger partial charge on any atom is -0.480 e. The number of carboxylic acid groups (broad SMARTS) is 1. The molecule has 0 aliphatic carbocycles. The Balaban J connectivity index is 1.13. The summed E-state index contributed by atoms with van der Waals surface area (Å²) in [5.41, 5.74) is 3.03. The molecule has 0 bridgehead atoms. The highest BCUT2D eigenvalue weighted by atomic mass is 16.6. The van der Waals surface area contributed by atoms with Gasteiger partial charge >= 0.3 is 18.1 Å². The topological polar surface area (TPSA) is 157 Å². The summed E-state index contributed by atoms with van der Waals surface area (Å²) >= 11 is 0. The maximum absolute atomic E-state index is 13.4. The van der Waals surface area contributed by atoms with Crippen LogP contribution in [0.3, 0.4) is 0 Å². The molecule has 5 rings (SSSR count). The van der Waals surface area contributed by atoms with Gasteiger partial charge in [0, 0.05) is 43.2 Å². The van der Waals surface area contributed by atoms with Gasteiger partial charge in [0.05, 0.1) is 5.69 Å². The normalized spacial score (nSPS) is 17.1. The van der Waals surface area contributed by atoms with E-state index < -0.39 is 35.6 Å². The largest absolute Gasteiger partial charge is 0.480 e. The molecule has 0 radical (unpaired) electrons. The van der Waals surface area contributed by atoms with Gasteiger partial charge in [-0.05, 0) is 75.8 Å². The number of benzene rings is 3. The molecule has 2 atom stereocenters. The summed E-state index contributed by atoms with van der Waals surface area (Å²) in [4.78, 5) is 67.3. The van der Waals surface area contributed by atoms with Gasteiger partial charge in [-0.2, -0.15) is 0 Å². The Bertz CT molecular complexity index is 1680. The van der Waals surface area contributed by atoms with E-state index in [9.17, 15) is 29.1 Å². The lowest BCUT2D eigenvalue weighted by molar-refractivity contribution is -0.142. The molecule has 264 valence electrons. The van der Waals surface area contributed by atoms with Crippen LogP contribution in [0.4, 0.5) is 21.0 Å². The molecule has 3 aromatic carbocycles. The third kappa shape index (κ3) is 9.40. The van der Waals surface area contributed by atoms with E-state index in [0.717, 1.165) is 11.1 Å². The third-order valence-corrected chi connectivity index (χ3v) is 8.86. The van der Waals surface area contributed by atoms with Crippen LogP contribution in [0.15, 0.2) is 78.9 Å². The molecule has 0 unspecified atom stereocenters. The number of carboxylic acids is 1. The summed E-state index contributed by atoms with van der Waals surface area (Å²) < 4.78 is 5.43. The molecular formula is C38H45N5O7. The van der Waals surface area contributed by atoms with Crippen molar-refractivity contribution < 1.29 is 33.8 Å². The van der Waals surface area contributed by atoms with Crippen molar-refractivity contribution in [3.05, 3.63) is 84.4 Å². The van der Waals surface area contributed by atoms with Gasteiger partial charge in [0.2, 0.25) is 11.8 Å². The van der Waals surface area contributed by atoms with Gasteiger partial charge in [0.15, 0.2) is 0 Å². The Morgan fingerprint density at radius 2 is 1.48 bits per heavy atom. The molecule has 12 nitrogen and oxygen atoms in total. The Labute approximate surface area is 292 Å². The van der Waals surface area contributed by atoms with Crippen LogP contribution in [0.5, 0.6) is 0 Å². The number of ether oxygens (including phenoxy) is 1. The van der Waals surface area contributed by atoms with Crippen molar-refractivity contribution in [2.45, 2.75) is 70.6 Å². The number of carbonyl (C=O) groups excluding carboxylic acids is 4. The Morgan fingerprint density at radius 1 is 0.820 bits per heavy atom. The van der Waals surface area contributed by atoms with Crippen LogP contribution in [0.2, 0.25) is 0 Å². The van der Waals surface area contributed by atoms with E-state index in [1.165, 1.54) is 4.90 Å². The van der Waals surface area contributed by atoms with Gasteiger partial charge in [-0.15, -0.1) is 0 Å². The second-order valence-corrected chi connectivity index (χ2v) is 13.7. The van der Waals surface area contributed by atoms with Crippen LogP contribution in [0, 0.1) is 5.92 Å². The molecule has 2 aliphatic heterocycles. The molecule has 2 fully saturated rings. The van der Waals surface area contributed by atoms with E-state index >= 15 is 0 Å². The zero-order valence-electron chi connectivity index (χ0n) is 28.7. The first-order chi connectivity index (χ1) is 23.9. The number of anilines is 2. The van der Waals surface area contributed by atoms with E-state index in [0.29, 0.717) is 62.3 Å². The first kappa shape index (κ1) is 35.9. The van der Waals surface area contributed by atoms with Crippen molar-refractivity contribution in [3.8, 4) is 11.1 Å². The summed E-state index contributed by atoms with van der Waals surface area (Å²) in [7, 11) is 0. The highest BCUT2D eigenvalue weighted by Gasteiger charge is 2.36. The molecule has 2 heterocycles. The quantitative estimate of drug-likeness (QED) is 0.224. The molecule has 2 saturated heterocycles. The highest BCUT2D eigenvalue weighted by molar-refractivity contribution is 5.98. The van der Waals surface area contributed by atoms with Crippen LogP contribution < -0.4 is 16.0 Å². The fraction of sp³-hybridized carbons (Fsp3) is 0.395. The summed E-state index contributed by atoms with van der Waals surface area (Å²) in [6.07, 6.45) is 1.70. The first-order valence-electron chi connectivity index (χ1n) is 17.0. The van der Waals surface area contributed by atoms with Crippen molar-refractivity contribution in [3.63, 3.8) is 0 Å². The van der Waals surface area contributed by atoms with E-state index in [-0.39, 0.29) is 24.3 Å². The monoisotopic (exact) mass is 683 g/mol. The maximum atomic E-state index is 13.4. The number of rotatable bonds is 9. The smallest absolute Gasteiger partial charge is 0.410 e. The lowest BCUT2D eigenvalue weighted by Crippen LogP contribution is -2.52. The lowest BCUT2D eigenvalue weighted by atomic mass is 9.96. The summed E-state index contributed by atoms with van der Waals surface area (Å²) in [6.45, 7) is 6.67. The van der Waals surface area contributed by atoms with E-state index in [4.69, 9.17) is 4.74 Å². The van der Waals surface area contributed by atoms with Crippen molar-refractivity contribution >= 4 is 41.3 Å². The molecule has 5 amide bonds. The second-order valence-electron chi connectivity index (χ2n) is 13.7. The number of piperidine rings is 1. The predicted octanol–water partition coefficient (Wildman–Crippen LogP) is 5.75. The summed E-state index contributed by atoms with van der Waals surface area (Å²) in [5.74, 6) is -2.12. The zero-order valence-corrected chi connectivity index (χ0v) is 28.7. The molecule has 4 N–H and O–H groups in total. The first-order valence-corrected chi connectivity index (χ1v) is 17.0. The van der Waals surface area contributed by atoms with E-state index in [1.807, 2.05) is 69.3 Å². The molecule has 12 heteroatoms. The minimum absolute atomic E-state index is 0.0157. The van der Waals surface area contributed by atoms with Crippen molar-refractivity contribution in [1.29, 1.82) is 0 Å². The number of hydrogen-bond acceptors (Lipinski definition) is 6. The number of amides is 5. The molecular weight excluding hydrogens is 638 g/mol. The van der Waals surface area contributed by atoms with Gasteiger partial charge in [0.25, 0.3) is 0 Å². The predicted molar refractivity (Wildman–Crippen MR) is 189 cm³/mol. The molecule has 0 saturated carbocycles. The molecule has 0 spiro atoms. The second kappa shape index (κ2) is 15.9. The zero-order chi connectivity index (χ0) is 35.8. The standard InChI is InChI=1S/C38H45N5O7/c1-38(2,3)50-37(49)42-22-19-27(20-23-42)33(44)39-28-17-15-25(16-18-28)24-31(35(46)47)40-34(45)32-14-9-21-43(32)36(48)41-30-13-8-7-12-29(30)26-10-5-4-6-11-26/h4-8,10-13,15-18,27,31-32H,9,14,19-24H2,1-3H3,(H,39,44)(H,40,45)(H,41,48)(H,46,47)/t31-,32-/m0/s1. The molecule has 2 aliphatic rings. The van der Waals surface area contributed by atoms with Crippen LogP contribution in [0.25, 0.3) is 11.1 Å². The third-order valence-electron chi connectivity index (χ3n) is 8.86. The fourth-order valence-corrected chi connectivity index (χ4v) is 6.25. The van der Waals surface area contributed by atoms with Gasteiger partial charge in [-0.3, -0.25) is 9.59 Å². The number of hydrogen-bond donors (Lipinski definition) is 4. The van der Waals surface area contributed by atoms with Gasteiger partial charge in [0.1, 0.15) is 17.7 Å². The van der Waals surface area contributed by atoms with Crippen molar-refractivity contribution in [2.75, 3.05) is 30.3 Å². The van der Waals surface area contributed by atoms with E-state index in [1.54, 1.807) is 35.2 Å². The SMILES string of the molecule is CC(C)(C)OC(=O)N1CCC(C(=O)Nc2ccc(C[C@H](NC(=O)[C@@H]3CCCN3C(=O)Nc3ccccc3-c3ccccc3)C(=O)O)cc2)CC1. The van der Waals surface area contributed by atoms with Gasteiger partial charge in [-0.25, -0.2) is 14.4 Å². The number of para-hydroxylation sites is 1. The summed E-state index contributed by atoms with van der Waals surface area (Å²) in [6, 6.07) is 21.4. The Morgan fingerprint density at radius 3 is 2.14 bits per heavy atom.